The number of aromatic nitrogens is 2. The van der Waals surface area contributed by atoms with E-state index < -0.39 is 0 Å². The first kappa shape index (κ1) is 13.0. The third kappa shape index (κ3) is 2.68. The summed E-state index contributed by atoms with van der Waals surface area (Å²) in [7, 11) is 3.55. The highest BCUT2D eigenvalue weighted by Gasteiger charge is 2.17. The molecule has 2 rings (SSSR count). The highest BCUT2D eigenvalue weighted by molar-refractivity contribution is 9.10. The van der Waals surface area contributed by atoms with Crippen LogP contribution in [0.15, 0.2) is 41.3 Å². The summed E-state index contributed by atoms with van der Waals surface area (Å²) in [6.45, 7) is 0. The molecule has 94 valence electrons. The van der Waals surface area contributed by atoms with Crippen molar-refractivity contribution in [2.24, 2.45) is 0 Å². The Hall–Kier alpha value is -1.46. The number of benzene rings is 1. The van der Waals surface area contributed by atoms with Crippen LogP contribution in [0.25, 0.3) is 0 Å². The van der Waals surface area contributed by atoms with Crippen LogP contribution in [-0.4, -0.2) is 24.1 Å². The standard InChI is InChI=1S/C13H14BrN3O/c1-15-13(11-8-16-5-6-17-11)10-4-3-9(14)7-12(10)18-2/h3-8,13,15H,1-2H3. The Bertz CT molecular complexity index is 519. The van der Waals surface area contributed by atoms with E-state index in [-0.39, 0.29) is 6.04 Å². The summed E-state index contributed by atoms with van der Waals surface area (Å²) >= 11 is 3.44. The molecule has 1 heterocycles. The molecular formula is C13H14BrN3O. The van der Waals surface area contributed by atoms with Crippen LogP contribution < -0.4 is 10.1 Å². The number of ether oxygens (including phenoxy) is 1. The minimum atomic E-state index is -0.0400. The van der Waals surface area contributed by atoms with Crippen molar-refractivity contribution >= 4 is 15.9 Å². The van der Waals surface area contributed by atoms with Gasteiger partial charge < -0.3 is 10.1 Å². The van der Waals surface area contributed by atoms with Crippen molar-refractivity contribution in [1.29, 1.82) is 0 Å². The van der Waals surface area contributed by atoms with E-state index in [2.05, 4.69) is 31.2 Å². The predicted molar refractivity (Wildman–Crippen MR) is 73.6 cm³/mol. The molecule has 2 aromatic rings. The summed E-state index contributed by atoms with van der Waals surface area (Å²) in [5.74, 6) is 0.814. The molecule has 0 fully saturated rings. The number of nitrogens with zero attached hydrogens (tertiary/aromatic N) is 2. The number of hydrogen-bond acceptors (Lipinski definition) is 4. The van der Waals surface area contributed by atoms with Gasteiger partial charge in [0.25, 0.3) is 0 Å². The van der Waals surface area contributed by atoms with E-state index in [4.69, 9.17) is 4.74 Å². The summed E-state index contributed by atoms with van der Waals surface area (Å²) in [6.07, 6.45) is 5.10. The second kappa shape index (κ2) is 5.93. The van der Waals surface area contributed by atoms with Crippen LogP contribution >= 0.6 is 15.9 Å². The first-order chi connectivity index (χ1) is 8.76. The lowest BCUT2D eigenvalue weighted by Crippen LogP contribution is -2.19. The first-order valence-electron chi connectivity index (χ1n) is 5.53. The van der Waals surface area contributed by atoms with Gasteiger partial charge in [-0.25, -0.2) is 0 Å². The zero-order valence-electron chi connectivity index (χ0n) is 10.2. The summed E-state index contributed by atoms with van der Waals surface area (Å²) in [4.78, 5) is 8.43. The van der Waals surface area contributed by atoms with Crippen molar-refractivity contribution in [2.75, 3.05) is 14.2 Å². The fourth-order valence-electron chi connectivity index (χ4n) is 1.85. The Morgan fingerprint density at radius 2 is 2.17 bits per heavy atom. The number of halogens is 1. The SMILES string of the molecule is CNC(c1cnccn1)c1ccc(Br)cc1OC. The molecule has 0 bridgehead atoms. The average molecular weight is 308 g/mol. The second-order valence-corrected chi connectivity index (χ2v) is 4.65. The molecule has 1 aromatic heterocycles. The van der Waals surface area contributed by atoms with E-state index in [0.717, 1.165) is 21.5 Å². The molecule has 1 aromatic carbocycles. The lowest BCUT2D eigenvalue weighted by atomic mass is 10.0. The van der Waals surface area contributed by atoms with E-state index in [1.54, 1.807) is 25.7 Å². The molecule has 0 saturated heterocycles. The van der Waals surface area contributed by atoms with E-state index >= 15 is 0 Å². The van der Waals surface area contributed by atoms with Gasteiger partial charge in [-0.2, -0.15) is 0 Å². The minimum Gasteiger partial charge on any atom is -0.496 e. The second-order valence-electron chi connectivity index (χ2n) is 3.74. The fourth-order valence-corrected chi connectivity index (χ4v) is 2.19. The molecule has 0 radical (unpaired) electrons. The summed E-state index contributed by atoms with van der Waals surface area (Å²) in [5.41, 5.74) is 1.89. The maximum absolute atomic E-state index is 5.41. The maximum atomic E-state index is 5.41. The quantitative estimate of drug-likeness (QED) is 0.943. The first-order valence-corrected chi connectivity index (χ1v) is 6.32. The minimum absolute atomic E-state index is 0.0400. The number of hydrogen-bond donors (Lipinski definition) is 1. The molecule has 0 spiro atoms. The highest BCUT2D eigenvalue weighted by atomic mass is 79.9. The van der Waals surface area contributed by atoms with Crippen LogP contribution in [0.4, 0.5) is 0 Å². The van der Waals surface area contributed by atoms with Crippen LogP contribution in [-0.2, 0) is 0 Å². The zero-order chi connectivity index (χ0) is 13.0. The molecule has 0 saturated carbocycles. The number of nitrogens with one attached hydrogen (secondary N) is 1. The highest BCUT2D eigenvalue weighted by Crippen LogP contribution is 2.31. The monoisotopic (exact) mass is 307 g/mol. The van der Waals surface area contributed by atoms with Crippen LogP contribution in [0.3, 0.4) is 0 Å². The third-order valence-electron chi connectivity index (χ3n) is 2.67. The van der Waals surface area contributed by atoms with Gasteiger partial charge in [-0.15, -0.1) is 0 Å². The number of rotatable bonds is 4. The van der Waals surface area contributed by atoms with Crippen molar-refractivity contribution < 1.29 is 4.74 Å². The summed E-state index contributed by atoms with van der Waals surface area (Å²) in [6, 6.07) is 5.90. The number of methoxy groups -OCH3 is 1. The van der Waals surface area contributed by atoms with Crippen molar-refractivity contribution in [3.05, 3.63) is 52.5 Å². The molecular weight excluding hydrogens is 294 g/mol. The van der Waals surface area contributed by atoms with Gasteiger partial charge in [-0.1, -0.05) is 22.0 Å². The van der Waals surface area contributed by atoms with E-state index in [1.165, 1.54) is 0 Å². The van der Waals surface area contributed by atoms with Gasteiger partial charge in [-0.05, 0) is 19.2 Å². The molecule has 1 unspecified atom stereocenters. The normalized spacial score (nSPS) is 12.2. The molecule has 18 heavy (non-hydrogen) atoms. The molecule has 1 atom stereocenters. The fraction of sp³-hybridized carbons (Fsp3) is 0.231. The van der Waals surface area contributed by atoms with Crippen LogP contribution in [0.1, 0.15) is 17.3 Å². The topological polar surface area (TPSA) is 47.0 Å². The largest absolute Gasteiger partial charge is 0.496 e. The Balaban J connectivity index is 2.45. The van der Waals surface area contributed by atoms with Gasteiger partial charge in [-0.3, -0.25) is 9.97 Å². The lowest BCUT2D eigenvalue weighted by molar-refractivity contribution is 0.404. The molecule has 0 aliphatic heterocycles. The van der Waals surface area contributed by atoms with Crippen LogP contribution in [0.5, 0.6) is 5.75 Å². The van der Waals surface area contributed by atoms with Crippen molar-refractivity contribution in [2.45, 2.75) is 6.04 Å². The predicted octanol–water partition coefficient (Wildman–Crippen LogP) is 2.56. The Morgan fingerprint density at radius 1 is 1.33 bits per heavy atom. The molecule has 1 N–H and O–H groups in total. The molecule has 0 aliphatic carbocycles. The van der Waals surface area contributed by atoms with Crippen molar-refractivity contribution in [1.82, 2.24) is 15.3 Å². The third-order valence-corrected chi connectivity index (χ3v) is 3.17. The molecule has 5 heteroatoms. The molecule has 0 aliphatic rings. The Kier molecular flexibility index (Phi) is 4.28. The van der Waals surface area contributed by atoms with Crippen LogP contribution in [0.2, 0.25) is 0 Å². The smallest absolute Gasteiger partial charge is 0.125 e. The van der Waals surface area contributed by atoms with Crippen molar-refractivity contribution in [3.63, 3.8) is 0 Å². The Labute approximate surface area is 115 Å². The average Bonchev–Trinajstić information content (AvgIpc) is 2.42. The van der Waals surface area contributed by atoms with E-state index in [9.17, 15) is 0 Å². The molecule has 4 nitrogen and oxygen atoms in total. The van der Waals surface area contributed by atoms with Gasteiger partial charge in [0.1, 0.15) is 5.75 Å². The maximum Gasteiger partial charge on any atom is 0.125 e. The molecule has 0 amide bonds. The lowest BCUT2D eigenvalue weighted by Gasteiger charge is -2.18. The van der Waals surface area contributed by atoms with Gasteiger partial charge in [0, 0.05) is 22.4 Å². The van der Waals surface area contributed by atoms with Gasteiger partial charge >= 0.3 is 0 Å². The van der Waals surface area contributed by atoms with Crippen molar-refractivity contribution in [3.8, 4) is 5.75 Å². The van der Waals surface area contributed by atoms with Gasteiger partial charge in [0.15, 0.2) is 0 Å². The van der Waals surface area contributed by atoms with E-state index in [0.29, 0.717) is 0 Å². The summed E-state index contributed by atoms with van der Waals surface area (Å²) < 4.78 is 6.40. The van der Waals surface area contributed by atoms with E-state index in [1.807, 2.05) is 25.2 Å². The van der Waals surface area contributed by atoms with Crippen LogP contribution in [0, 0.1) is 0 Å². The van der Waals surface area contributed by atoms with Gasteiger partial charge in [0.2, 0.25) is 0 Å². The summed E-state index contributed by atoms with van der Waals surface area (Å²) in [5, 5.41) is 3.23. The zero-order valence-corrected chi connectivity index (χ0v) is 11.8. The Morgan fingerprint density at radius 3 is 2.78 bits per heavy atom. The van der Waals surface area contributed by atoms with Gasteiger partial charge in [0.05, 0.1) is 25.0 Å².